The van der Waals surface area contributed by atoms with E-state index >= 15 is 0 Å². The van der Waals surface area contributed by atoms with E-state index in [4.69, 9.17) is 9.47 Å². The highest BCUT2D eigenvalue weighted by Gasteiger charge is 2.06. The Hall–Kier alpha value is -2.14. The summed E-state index contributed by atoms with van der Waals surface area (Å²) in [6, 6.07) is 7.59. The van der Waals surface area contributed by atoms with Crippen LogP contribution in [-0.2, 0) is 13.2 Å². The highest BCUT2D eigenvalue weighted by Crippen LogP contribution is 2.17. The van der Waals surface area contributed by atoms with Gasteiger partial charge >= 0.3 is 0 Å². The Morgan fingerprint density at radius 1 is 1.21 bits per heavy atom. The Kier molecular flexibility index (Phi) is 4.30. The molecule has 0 saturated carbocycles. The second-order valence-corrected chi connectivity index (χ2v) is 4.04. The molecule has 0 amide bonds. The lowest BCUT2D eigenvalue weighted by Gasteiger charge is -2.09. The summed E-state index contributed by atoms with van der Waals surface area (Å²) < 4.78 is 10.7. The van der Waals surface area contributed by atoms with Gasteiger partial charge in [0.15, 0.2) is 0 Å². The van der Waals surface area contributed by atoms with E-state index in [9.17, 15) is 5.11 Å². The SMILES string of the molecule is COc1ccc(COc2nc(C)ncc2CO)cc1. The van der Waals surface area contributed by atoms with Crippen LogP contribution in [0.1, 0.15) is 17.0 Å². The van der Waals surface area contributed by atoms with Crippen molar-refractivity contribution in [1.29, 1.82) is 0 Å². The van der Waals surface area contributed by atoms with E-state index in [1.165, 1.54) is 0 Å². The first kappa shape index (κ1) is 13.3. The van der Waals surface area contributed by atoms with E-state index in [1.54, 1.807) is 20.2 Å². The number of aliphatic hydroxyl groups is 1. The summed E-state index contributed by atoms with van der Waals surface area (Å²) in [6.45, 7) is 2.02. The number of rotatable bonds is 5. The lowest BCUT2D eigenvalue weighted by molar-refractivity contribution is 0.251. The summed E-state index contributed by atoms with van der Waals surface area (Å²) in [6.07, 6.45) is 1.58. The third kappa shape index (κ3) is 3.42. The van der Waals surface area contributed by atoms with Crippen molar-refractivity contribution in [2.75, 3.05) is 7.11 Å². The van der Waals surface area contributed by atoms with Gasteiger partial charge in [0, 0.05) is 6.20 Å². The Labute approximate surface area is 111 Å². The molecule has 5 nitrogen and oxygen atoms in total. The molecule has 0 spiro atoms. The van der Waals surface area contributed by atoms with Gasteiger partial charge in [-0.05, 0) is 24.6 Å². The van der Waals surface area contributed by atoms with Gasteiger partial charge in [0.05, 0.1) is 19.3 Å². The lowest BCUT2D eigenvalue weighted by Crippen LogP contribution is -2.03. The van der Waals surface area contributed by atoms with Gasteiger partial charge in [0.25, 0.3) is 0 Å². The molecule has 19 heavy (non-hydrogen) atoms. The van der Waals surface area contributed by atoms with Gasteiger partial charge in [-0.25, -0.2) is 4.98 Å². The van der Waals surface area contributed by atoms with Gasteiger partial charge in [-0.2, -0.15) is 4.98 Å². The van der Waals surface area contributed by atoms with Crippen molar-refractivity contribution in [3.05, 3.63) is 47.4 Å². The van der Waals surface area contributed by atoms with Crippen molar-refractivity contribution in [3.8, 4) is 11.6 Å². The molecular weight excluding hydrogens is 244 g/mol. The van der Waals surface area contributed by atoms with Gasteiger partial charge in [0.2, 0.25) is 5.88 Å². The van der Waals surface area contributed by atoms with Crippen LogP contribution in [0.25, 0.3) is 0 Å². The molecule has 0 atom stereocenters. The van der Waals surface area contributed by atoms with Crippen molar-refractivity contribution in [2.24, 2.45) is 0 Å². The molecule has 0 radical (unpaired) electrons. The fraction of sp³-hybridized carbons (Fsp3) is 0.286. The Morgan fingerprint density at radius 2 is 1.95 bits per heavy atom. The molecule has 1 N–H and O–H groups in total. The molecule has 1 aromatic heterocycles. The molecule has 0 aliphatic heterocycles. The van der Waals surface area contributed by atoms with E-state index < -0.39 is 0 Å². The molecule has 0 saturated heterocycles. The van der Waals surface area contributed by atoms with Crippen molar-refractivity contribution in [1.82, 2.24) is 9.97 Å². The van der Waals surface area contributed by atoms with Gasteiger partial charge in [0.1, 0.15) is 18.2 Å². The zero-order chi connectivity index (χ0) is 13.7. The minimum Gasteiger partial charge on any atom is -0.497 e. The average Bonchev–Trinajstić information content (AvgIpc) is 2.46. The monoisotopic (exact) mass is 260 g/mol. The molecule has 100 valence electrons. The summed E-state index contributed by atoms with van der Waals surface area (Å²) in [4.78, 5) is 8.20. The molecule has 2 rings (SSSR count). The Balaban J connectivity index is 2.07. The summed E-state index contributed by atoms with van der Waals surface area (Å²) in [7, 11) is 1.63. The number of ether oxygens (including phenoxy) is 2. The standard InChI is InChI=1S/C14H16N2O3/c1-10-15-7-12(8-17)14(16-10)19-9-11-3-5-13(18-2)6-4-11/h3-7,17H,8-9H2,1-2H3. The van der Waals surface area contributed by atoms with Crippen LogP contribution in [-0.4, -0.2) is 22.2 Å². The predicted molar refractivity (Wildman–Crippen MR) is 70.0 cm³/mol. The maximum atomic E-state index is 9.20. The van der Waals surface area contributed by atoms with Crippen LogP contribution >= 0.6 is 0 Å². The van der Waals surface area contributed by atoms with Crippen LogP contribution in [0.15, 0.2) is 30.5 Å². The number of benzene rings is 1. The van der Waals surface area contributed by atoms with E-state index in [1.807, 2.05) is 24.3 Å². The zero-order valence-corrected chi connectivity index (χ0v) is 11.0. The lowest BCUT2D eigenvalue weighted by atomic mass is 10.2. The van der Waals surface area contributed by atoms with Crippen molar-refractivity contribution >= 4 is 0 Å². The van der Waals surface area contributed by atoms with Crippen LogP contribution in [0.5, 0.6) is 11.6 Å². The predicted octanol–water partition coefficient (Wildman–Crippen LogP) is 1.86. The maximum Gasteiger partial charge on any atom is 0.222 e. The molecule has 0 aliphatic carbocycles. The molecule has 0 unspecified atom stereocenters. The van der Waals surface area contributed by atoms with Crippen LogP contribution in [0, 0.1) is 6.92 Å². The number of hydrogen-bond acceptors (Lipinski definition) is 5. The smallest absolute Gasteiger partial charge is 0.222 e. The summed E-state index contributed by atoms with van der Waals surface area (Å²) in [5.74, 6) is 1.84. The van der Waals surface area contributed by atoms with Crippen molar-refractivity contribution < 1.29 is 14.6 Å². The van der Waals surface area contributed by atoms with E-state index in [2.05, 4.69) is 9.97 Å². The normalized spacial score (nSPS) is 10.3. The number of aromatic nitrogens is 2. The molecular formula is C14H16N2O3. The van der Waals surface area contributed by atoms with Crippen molar-refractivity contribution in [3.63, 3.8) is 0 Å². The van der Waals surface area contributed by atoms with Gasteiger partial charge in [-0.3, -0.25) is 0 Å². The minimum atomic E-state index is -0.141. The molecule has 1 aromatic carbocycles. The maximum absolute atomic E-state index is 9.20. The quantitative estimate of drug-likeness (QED) is 0.889. The molecule has 1 heterocycles. The van der Waals surface area contributed by atoms with Crippen molar-refractivity contribution in [2.45, 2.75) is 20.1 Å². The van der Waals surface area contributed by atoms with E-state index in [-0.39, 0.29) is 6.61 Å². The second kappa shape index (κ2) is 6.15. The van der Waals surface area contributed by atoms with Crippen LogP contribution < -0.4 is 9.47 Å². The first-order chi connectivity index (χ1) is 9.22. The number of aryl methyl sites for hydroxylation is 1. The summed E-state index contributed by atoms with van der Waals surface area (Å²) >= 11 is 0. The Bertz CT molecular complexity index is 541. The Morgan fingerprint density at radius 3 is 2.58 bits per heavy atom. The number of methoxy groups -OCH3 is 1. The van der Waals surface area contributed by atoms with Crippen LogP contribution in [0.2, 0.25) is 0 Å². The van der Waals surface area contributed by atoms with E-state index in [0.29, 0.717) is 23.9 Å². The fourth-order valence-electron chi connectivity index (χ4n) is 1.58. The highest BCUT2D eigenvalue weighted by molar-refractivity contribution is 5.28. The topological polar surface area (TPSA) is 64.5 Å². The molecule has 5 heteroatoms. The molecule has 0 fully saturated rings. The van der Waals surface area contributed by atoms with Crippen LogP contribution in [0.4, 0.5) is 0 Å². The third-order valence-corrected chi connectivity index (χ3v) is 2.65. The number of aliphatic hydroxyl groups excluding tert-OH is 1. The second-order valence-electron chi connectivity index (χ2n) is 4.04. The minimum absolute atomic E-state index is 0.141. The number of nitrogens with zero attached hydrogens (tertiary/aromatic N) is 2. The number of hydrogen-bond donors (Lipinski definition) is 1. The molecule has 0 aliphatic rings. The zero-order valence-electron chi connectivity index (χ0n) is 11.0. The summed E-state index contributed by atoms with van der Waals surface area (Å²) in [5.41, 5.74) is 1.58. The molecule has 0 bridgehead atoms. The first-order valence-corrected chi connectivity index (χ1v) is 5.92. The highest BCUT2D eigenvalue weighted by atomic mass is 16.5. The van der Waals surface area contributed by atoms with Gasteiger partial charge in [-0.1, -0.05) is 12.1 Å². The first-order valence-electron chi connectivity index (χ1n) is 5.92. The third-order valence-electron chi connectivity index (χ3n) is 2.65. The fourth-order valence-corrected chi connectivity index (χ4v) is 1.58. The van der Waals surface area contributed by atoms with Gasteiger partial charge < -0.3 is 14.6 Å². The van der Waals surface area contributed by atoms with Crippen LogP contribution in [0.3, 0.4) is 0 Å². The molecule has 2 aromatic rings. The average molecular weight is 260 g/mol. The van der Waals surface area contributed by atoms with Gasteiger partial charge in [-0.15, -0.1) is 0 Å². The largest absolute Gasteiger partial charge is 0.497 e. The summed E-state index contributed by atoms with van der Waals surface area (Å²) in [5, 5.41) is 9.20. The van der Waals surface area contributed by atoms with E-state index in [0.717, 1.165) is 11.3 Å².